The second-order valence-electron chi connectivity index (χ2n) is 11.3. The Hall–Kier alpha value is -2.81. The van der Waals surface area contributed by atoms with E-state index in [1.165, 1.54) is 51.6 Å². The summed E-state index contributed by atoms with van der Waals surface area (Å²) < 4.78 is 11.4. The van der Waals surface area contributed by atoms with Crippen molar-refractivity contribution in [3.8, 4) is 28.4 Å². The van der Waals surface area contributed by atoms with Gasteiger partial charge in [0.15, 0.2) is 5.82 Å². The van der Waals surface area contributed by atoms with Crippen LogP contribution in [0.5, 0.6) is 5.75 Å². The number of nitrogens with zero attached hydrogens (tertiary/aromatic N) is 4. The van der Waals surface area contributed by atoms with Crippen LogP contribution in [-0.2, 0) is 6.42 Å². The lowest BCUT2D eigenvalue weighted by Gasteiger charge is -2.51. The van der Waals surface area contributed by atoms with E-state index in [2.05, 4.69) is 22.3 Å². The van der Waals surface area contributed by atoms with Gasteiger partial charge < -0.3 is 19.7 Å². The highest BCUT2D eigenvalue weighted by molar-refractivity contribution is 5.71. The summed E-state index contributed by atoms with van der Waals surface area (Å²) in [5.41, 5.74) is 6.07. The van der Waals surface area contributed by atoms with E-state index in [-0.39, 0.29) is 6.61 Å². The zero-order chi connectivity index (χ0) is 27.4. The molecule has 3 heterocycles. The number of likely N-dealkylation sites (tertiary alicyclic amines) is 1. The first-order valence-corrected chi connectivity index (χ1v) is 14.5. The smallest absolute Gasteiger partial charge is 0.160 e. The van der Waals surface area contributed by atoms with Crippen LogP contribution in [0.4, 0.5) is 0 Å². The fourth-order valence-electron chi connectivity index (χ4n) is 6.29. The van der Waals surface area contributed by atoms with Gasteiger partial charge in [-0.05, 0) is 90.7 Å². The minimum atomic E-state index is -0.578. The van der Waals surface area contributed by atoms with Crippen molar-refractivity contribution in [3.05, 3.63) is 47.0 Å². The summed E-state index contributed by atoms with van der Waals surface area (Å²) in [4.78, 5) is 13.0. The molecule has 0 radical (unpaired) electrons. The molecule has 1 saturated carbocycles. The molecule has 1 aliphatic heterocycles. The van der Waals surface area contributed by atoms with Crippen LogP contribution in [0.15, 0.2) is 28.8 Å². The highest BCUT2D eigenvalue weighted by Crippen LogP contribution is 2.41. The SMILES string of the molecule is CNCC(O)COc1cccc(-c2nc(CCC3(N4CCC4)CCCCC3)c(C)c(-c3c(C)noc3C)n2)c1. The molecule has 8 nitrogen and oxygen atoms in total. The topological polar surface area (TPSA) is 96.5 Å². The minimum absolute atomic E-state index is 0.215. The summed E-state index contributed by atoms with van der Waals surface area (Å²) in [6, 6.07) is 7.83. The molecule has 1 unspecified atom stereocenters. The van der Waals surface area contributed by atoms with Gasteiger partial charge in [-0.2, -0.15) is 0 Å². The van der Waals surface area contributed by atoms with Gasteiger partial charge >= 0.3 is 0 Å². The third-order valence-electron chi connectivity index (χ3n) is 8.63. The van der Waals surface area contributed by atoms with Gasteiger partial charge in [0, 0.05) is 23.3 Å². The van der Waals surface area contributed by atoms with Crippen molar-refractivity contribution < 1.29 is 14.4 Å². The molecular weight excluding hydrogens is 490 g/mol. The molecule has 8 heteroatoms. The molecular formula is C31H43N5O3. The zero-order valence-electron chi connectivity index (χ0n) is 23.9. The van der Waals surface area contributed by atoms with E-state index in [0.29, 0.717) is 23.7 Å². The predicted octanol–water partition coefficient (Wildman–Crippen LogP) is 5.02. The van der Waals surface area contributed by atoms with Gasteiger partial charge in [-0.1, -0.05) is 36.6 Å². The number of aryl methyl sites for hydroxylation is 3. The summed E-state index contributed by atoms with van der Waals surface area (Å²) in [5.74, 6) is 2.13. The molecule has 1 aromatic carbocycles. The van der Waals surface area contributed by atoms with E-state index >= 15 is 0 Å². The van der Waals surface area contributed by atoms with Crippen molar-refractivity contribution in [2.75, 3.05) is 33.3 Å². The molecule has 0 bridgehead atoms. The quantitative estimate of drug-likeness (QED) is 0.355. The number of likely N-dealkylation sites (N-methyl/N-ethyl adjacent to an activating group) is 1. The highest BCUT2D eigenvalue weighted by atomic mass is 16.5. The first kappa shape index (κ1) is 27.7. The van der Waals surface area contributed by atoms with Crippen LogP contribution in [0.1, 0.15) is 67.7 Å². The Balaban J connectivity index is 1.49. The average molecular weight is 534 g/mol. The van der Waals surface area contributed by atoms with Crippen LogP contribution in [-0.4, -0.2) is 70.1 Å². The number of aliphatic hydroxyl groups excluding tert-OH is 1. The average Bonchev–Trinajstić information content (AvgIpc) is 3.24. The normalized spacial score (nSPS) is 18.1. The van der Waals surface area contributed by atoms with Crippen LogP contribution >= 0.6 is 0 Å². The van der Waals surface area contributed by atoms with Crippen molar-refractivity contribution >= 4 is 0 Å². The summed E-state index contributed by atoms with van der Waals surface area (Å²) in [5, 5.41) is 17.3. The Labute approximate surface area is 232 Å². The lowest BCUT2D eigenvalue weighted by Crippen LogP contribution is -2.56. The van der Waals surface area contributed by atoms with E-state index in [1.807, 2.05) is 45.2 Å². The number of benzene rings is 1. The van der Waals surface area contributed by atoms with Crippen molar-refractivity contribution in [2.45, 2.75) is 83.8 Å². The van der Waals surface area contributed by atoms with Gasteiger partial charge in [-0.3, -0.25) is 4.90 Å². The largest absolute Gasteiger partial charge is 0.491 e. The van der Waals surface area contributed by atoms with Crippen molar-refractivity contribution in [1.29, 1.82) is 0 Å². The molecule has 3 aromatic rings. The van der Waals surface area contributed by atoms with Crippen LogP contribution in [0.3, 0.4) is 0 Å². The highest BCUT2D eigenvalue weighted by Gasteiger charge is 2.40. The van der Waals surface area contributed by atoms with Crippen molar-refractivity contribution in [2.24, 2.45) is 0 Å². The van der Waals surface area contributed by atoms with Crippen LogP contribution < -0.4 is 10.1 Å². The molecule has 1 aliphatic carbocycles. The number of nitrogens with one attached hydrogen (secondary N) is 1. The molecule has 39 heavy (non-hydrogen) atoms. The lowest BCUT2D eigenvalue weighted by molar-refractivity contribution is -0.00508. The Kier molecular flexibility index (Phi) is 8.64. The minimum Gasteiger partial charge on any atom is -0.491 e. The fourth-order valence-corrected chi connectivity index (χ4v) is 6.29. The summed E-state index contributed by atoms with van der Waals surface area (Å²) in [6.45, 7) is 9.21. The molecule has 5 rings (SSSR count). The zero-order valence-corrected chi connectivity index (χ0v) is 23.9. The van der Waals surface area contributed by atoms with Gasteiger partial charge in [-0.25, -0.2) is 9.97 Å². The molecule has 0 amide bonds. The third kappa shape index (κ3) is 6.03. The van der Waals surface area contributed by atoms with Gasteiger partial charge in [0.25, 0.3) is 0 Å². The predicted molar refractivity (Wildman–Crippen MR) is 153 cm³/mol. The second-order valence-corrected chi connectivity index (χ2v) is 11.3. The third-order valence-corrected chi connectivity index (χ3v) is 8.63. The Morgan fingerprint density at radius 1 is 1.10 bits per heavy atom. The standard InChI is InChI=1S/C31H43N5O3/c1-21-27(12-15-31(36-16-9-17-36)13-6-5-7-14-31)33-30(34-29(21)28-22(2)35-39-23(28)3)24-10-8-11-26(18-24)38-20-25(37)19-32-4/h8,10-11,18,25,32,37H,5-7,9,12-17,19-20H2,1-4H3. The molecule has 2 aliphatic rings. The van der Waals surface area contributed by atoms with Crippen molar-refractivity contribution in [1.82, 2.24) is 25.3 Å². The second kappa shape index (κ2) is 12.1. The molecule has 2 fully saturated rings. The monoisotopic (exact) mass is 533 g/mol. The number of aromatic nitrogens is 3. The first-order valence-electron chi connectivity index (χ1n) is 14.5. The van der Waals surface area contributed by atoms with E-state index in [9.17, 15) is 5.11 Å². The molecule has 0 spiro atoms. The summed E-state index contributed by atoms with van der Waals surface area (Å²) in [7, 11) is 1.81. The maximum atomic E-state index is 10.1. The molecule has 2 aromatic heterocycles. The number of aliphatic hydroxyl groups is 1. The molecule has 2 N–H and O–H groups in total. The number of rotatable bonds is 11. The lowest BCUT2D eigenvalue weighted by atomic mass is 9.75. The fraction of sp³-hybridized carbons (Fsp3) is 0.581. The van der Waals surface area contributed by atoms with Gasteiger partial charge in [-0.15, -0.1) is 0 Å². The molecule has 210 valence electrons. The van der Waals surface area contributed by atoms with Crippen molar-refractivity contribution in [3.63, 3.8) is 0 Å². The van der Waals surface area contributed by atoms with E-state index < -0.39 is 6.10 Å². The molecule has 1 saturated heterocycles. The van der Waals surface area contributed by atoms with E-state index in [4.69, 9.17) is 19.2 Å². The Bertz CT molecular complexity index is 1240. The Morgan fingerprint density at radius 3 is 2.56 bits per heavy atom. The molecule has 1 atom stereocenters. The van der Waals surface area contributed by atoms with E-state index in [0.717, 1.165) is 52.4 Å². The maximum absolute atomic E-state index is 10.1. The van der Waals surface area contributed by atoms with Crippen LogP contribution in [0, 0.1) is 20.8 Å². The van der Waals surface area contributed by atoms with Gasteiger partial charge in [0.1, 0.15) is 24.2 Å². The van der Waals surface area contributed by atoms with E-state index in [1.54, 1.807) is 0 Å². The van der Waals surface area contributed by atoms with Crippen LogP contribution in [0.2, 0.25) is 0 Å². The maximum Gasteiger partial charge on any atom is 0.160 e. The van der Waals surface area contributed by atoms with Gasteiger partial charge in [0.05, 0.1) is 17.0 Å². The summed E-state index contributed by atoms with van der Waals surface area (Å²) in [6.07, 6.45) is 9.36. The number of hydrogen-bond acceptors (Lipinski definition) is 8. The number of ether oxygens (including phenoxy) is 1. The first-order chi connectivity index (χ1) is 18.9. The van der Waals surface area contributed by atoms with Gasteiger partial charge in [0.2, 0.25) is 0 Å². The van der Waals surface area contributed by atoms with Crippen LogP contribution in [0.25, 0.3) is 22.6 Å². The number of hydrogen-bond donors (Lipinski definition) is 2. The Morgan fingerprint density at radius 2 is 1.90 bits per heavy atom. The summed E-state index contributed by atoms with van der Waals surface area (Å²) >= 11 is 0.